The molecule has 1 rings (SSSR count). The number of ether oxygens (including phenoxy) is 2. The summed E-state index contributed by atoms with van der Waals surface area (Å²) in [5.74, 6) is 0.529. The van der Waals surface area contributed by atoms with Gasteiger partial charge in [0.15, 0.2) is 17.6 Å². The first-order valence-corrected chi connectivity index (χ1v) is 5.45. The maximum atomic E-state index is 12.4. The summed E-state index contributed by atoms with van der Waals surface area (Å²) in [6, 6.07) is 3.66. The van der Waals surface area contributed by atoms with Crippen molar-refractivity contribution in [2.45, 2.75) is 25.6 Å². The van der Waals surface area contributed by atoms with E-state index in [4.69, 9.17) is 14.6 Å². The smallest absolute Gasteiger partial charge is 0.418 e. The minimum Gasteiger partial charge on any atom is -0.493 e. The van der Waals surface area contributed by atoms with Crippen LogP contribution in [-0.2, 0) is 0 Å². The predicted molar refractivity (Wildman–Crippen MR) is 59.8 cm³/mol. The fourth-order valence-electron chi connectivity index (χ4n) is 1.37. The van der Waals surface area contributed by atoms with Gasteiger partial charge in [-0.2, -0.15) is 13.2 Å². The monoisotopic (exact) mass is 264 g/mol. The third kappa shape index (κ3) is 3.53. The lowest BCUT2D eigenvalue weighted by atomic mass is 10.1. The van der Waals surface area contributed by atoms with Crippen LogP contribution in [0.3, 0.4) is 0 Å². The zero-order valence-corrected chi connectivity index (χ0v) is 10.1. The molecule has 0 amide bonds. The Kier molecular flexibility index (Phi) is 4.84. The van der Waals surface area contributed by atoms with Gasteiger partial charge in [0, 0.05) is 0 Å². The summed E-state index contributed by atoms with van der Waals surface area (Å²) >= 11 is 0. The Bertz CT molecular complexity index is 391. The summed E-state index contributed by atoms with van der Waals surface area (Å²) in [5, 5.41) is 9.12. The number of hydrogen-bond acceptors (Lipinski definition) is 3. The van der Waals surface area contributed by atoms with E-state index in [1.165, 1.54) is 19.2 Å². The quantitative estimate of drug-likeness (QED) is 0.888. The fraction of sp³-hybridized carbons (Fsp3) is 0.500. The molecular formula is C12H15F3O3. The third-order valence-electron chi connectivity index (χ3n) is 2.28. The van der Waals surface area contributed by atoms with E-state index in [9.17, 15) is 13.2 Å². The first kappa shape index (κ1) is 14.6. The molecule has 0 saturated heterocycles. The second kappa shape index (κ2) is 5.95. The molecule has 1 aromatic rings. The van der Waals surface area contributed by atoms with E-state index in [1.54, 1.807) is 0 Å². The van der Waals surface area contributed by atoms with Crippen molar-refractivity contribution in [2.75, 3.05) is 13.7 Å². The van der Waals surface area contributed by atoms with Crippen LogP contribution in [0, 0.1) is 0 Å². The van der Waals surface area contributed by atoms with Gasteiger partial charge in [0.2, 0.25) is 0 Å². The van der Waals surface area contributed by atoms with Crippen LogP contribution in [0.5, 0.6) is 11.5 Å². The van der Waals surface area contributed by atoms with Crippen LogP contribution < -0.4 is 9.47 Å². The van der Waals surface area contributed by atoms with Crippen molar-refractivity contribution in [1.82, 2.24) is 0 Å². The van der Waals surface area contributed by atoms with Gasteiger partial charge in [-0.3, -0.25) is 0 Å². The van der Waals surface area contributed by atoms with E-state index in [1.807, 2.05) is 6.92 Å². The van der Waals surface area contributed by atoms with Crippen molar-refractivity contribution in [1.29, 1.82) is 0 Å². The lowest BCUT2D eigenvalue weighted by molar-refractivity contribution is -0.206. The Hall–Kier alpha value is -1.43. The highest BCUT2D eigenvalue weighted by Crippen LogP contribution is 2.36. The summed E-state index contributed by atoms with van der Waals surface area (Å²) in [5.41, 5.74) is -0.275. The van der Waals surface area contributed by atoms with E-state index >= 15 is 0 Å². The van der Waals surface area contributed by atoms with Crippen LogP contribution in [0.25, 0.3) is 0 Å². The largest absolute Gasteiger partial charge is 0.493 e. The first-order chi connectivity index (χ1) is 8.40. The minimum absolute atomic E-state index is 0.171. The second-order valence-electron chi connectivity index (χ2n) is 3.70. The maximum absolute atomic E-state index is 12.4. The van der Waals surface area contributed by atoms with Crippen LogP contribution in [0.1, 0.15) is 25.0 Å². The van der Waals surface area contributed by atoms with Crippen molar-refractivity contribution in [3.8, 4) is 11.5 Å². The normalized spacial score (nSPS) is 13.2. The molecule has 18 heavy (non-hydrogen) atoms. The Balaban J connectivity index is 2.98. The molecule has 0 fully saturated rings. The number of halogens is 3. The van der Waals surface area contributed by atoms with Crippen LogP contribution in [0.4, 0.5) is 13.2 Å². The van der Waals surface area contributed by atoms with Gasteiger partial charge in [-0.1, -0.05) is 13.0 Å². The third-order valence-corrected chi connectivity index (χ3v) is 2.28. The van der Waals surface area contributed by atoms with Crippen molar-refractivity contribution in [2.24, 2.45) is 0 Å². The molecule has 0 saturated carbocycles. The van der Waals surface area contributed by atoms with E-state index in [0.29, 0.717) is 12.4 Å². The van der Waals surface area contributed by atoms with E-state index < -0.39 is 12.3 Å². The molecule has 6 heteroatoms. The summed E-state index contributed by atoms with van der Waals surface area (Å²) in [6.45, 7) is 2.35. The predicted octanol–water partition coefficient (Wildman–Crippen LogP) is 3.08. The van der Waals surface area contributed by atoms with Crippen LogP contribution in [-0.4, -0.2) is 25.0 Å². The Labute approximate surface area is 103 Å². The average Bonchev–Trinajstić information content (AvgIpc) is 2.34. The molecule has 1 unspecified atom stereocenters. The zero-order chi connectivity index (χ0) is 13.8. The summed E-state index contributed by atoms with van der Waals surface area (Å²) < 4.78 is 47.3. The standard InChI is InChI=1S/C12H15F3O3/c1-3-6-18-9-5-4-8(7-10(9)17-2)11(16)12(13,14)15/h4-5,7,11,16H,3,6H2,1-2H3. The van der Waals surface area contributed by atoms with Crippen molar-refractivity contribution in [3.05, 3.63) is 23.8 Å². The number of benzene rings is 1. The Morgan fingerprint density at radius 1 is 1.28 bits per heavy atom. The fourth-order valence-corrected chi connectivity index (χ4v) is 1.37. The van der Waals surface area contributed by atoms with Crippen LogP contribution in [0.2, 0.25) is 0 Å². The van der Waals surface area contributed by atoms with Crippen LogP contribution in [0.15, 0.2) is 18.2 Å². The molecule has 1 N–H and O–H groups in total. The molecule has 0 aliphatic carbocycles. The highest BCUT2D eigenvalue weighted by Gasteiger charge is 2.39. The first-order valence-electron chi connectivity index (χ1n) is 5.45. The number of aliphatic hydroxyl groups excluding tert-OH is 1. The zero-order valence-electron chi connectivity index (χ0n) is 10.1. The van der Waals surface area contributed by atoms with Gasteiger partial charge in [0.05, 0.1) is 13.7 Å². The molecule has 1 atom stereocenters. The second-order valence-corrected chi connectivity index (χ2v) is 3.70. The Morgan fingerprint density at radius 2 is 1.94 bits per heavy atom. The van der Waals surface area contributed by atoms with E-state index in [-0.39, 0.29) is 11.3 Å². The van der Waals surface area contributed by atoms with E-state index in [0.717, 1.165) is 12.5 Å². The molecule has 0 aliphatic rings. The van der Waals surface area contributed by atoms with Gasteiger partial charge >= 0.3 is 6.18 Å². The van der Waals surface area contributed by atoms with Gasteiger partial charge in [0.1, 0.15) is 0 Å². The van der Waals surface area contributed by atoms with Crippen molar-refractivity contribution in [3.63, 3.8) is 0 Å². The van der Waals surface area contributed by atoms with E-state index in [2.05, 4.69) is 0 Å². The van der Waals surface area contributed by atoms with Gasteiger partial charge in [-0.25, -0.2) is 0 Å². The number of methoxy groups -OCH3 is 1. The molecule has 0 spiro atoms. The van der Waals surface area contributed by atoms with Crippen molar-refractivity contribution < 1.29 is 27.8 Å². The number of hydrogen-bond donors (Lipinski definition) is 1. The topological polar surface area (TPSA) is 38.7 Å². The highest BCUT2D eigenvalue weighted by atomic mass is 19.4. The molecule has 3 nitrogen and oxygen atoms in total. The summed E-state index contributed by atoms with van der Waals surface area (Å²) in [4.78, 5) is 0. The van der Waals surface area contributed by atoms with Gasteiger partial charge in [-0.05, 0) is 24.1 Å². The summed E-state index contributed by atoms with van der Waals surface area (Å²) in [6.07, 6.45) is -6.45. The number of rotatable bonds is 5. The maximum Gasteiger partial charge on any atom is 0.418 e. The SMILES string of the molecule is CCCOc1ccc(C(O)C(F)(F)F)cc1OC. The van der Waals surface area contributed by atoms with Gasteiger partial charge < -0.3 is 14.6 Å². The minimum atomic E-state index is -4.70. The lowest BCUT2D eigenvalue weighted by Gasteiger charge is -2.17. The van der Waals surface area contributed by atoms with Gasteiger partial charge in [0.25, 0.3) is 0 Å². The number of alkyl halides is 3. The average molecular weight is 264 g/mol. The molecule has 0 heterocycles. The highest BCUT2D eigenvalue weighted by molar-refractivity contribution is 5.43. The molecule has 0 bridgehead atoms. The summed E-state index contributed by atoms with van der Waals surface area (Å²) in [7, 11) is 1.33. The van der Waals surface area contributed by atoms with Crippen LogP contribution >= 0.6 is 0 Å². The van der Waals surface area contributed by atoms with Gasteiger partial charge in [-0.15, -0.1) is 0 Å². The Morgan fingerprint density at radius 3 is 2.44 bits per heavy atom. The molecule has 0 aliphatic heterocycles. The number of aliphatic hydroxyl groups is 1. The molecule has 102 valence electrons. The molecule has 0 radical (unpaired) electrons. The molecular weight excluding hydrogens is 249 g/mol. The lowest BCUT2D eigenvalue weighted by Crippen LogP contribution is -2.20. The molecule has 1 aromatic carbocycles. The van der Waals surface area contributed by atoms with Crippen molar-refractivity contribution >= 4 is 0 Å². The molecule has 0 aromatic heterocycles.